The summed E-state index contributed by atoms with van der Waals surface area (Å²) in [6.45, 7) is 2.04. The van der Waals surface area contributed by atoms with Gasteiger partial charge in [0, 0.05) is 24.0 Å². The van der Waals surface area contributed by atoms with E-state index in [4.69, 9.17) is 0 Å². The number of aryl methyl sites for hydroxylation is 1. The van der Waals surface area contributed by atoms with E-state index < -0.39 is 17.8 Å². The van der Waals surface area contributed by atoms with E-state index in [1.807, 2.05) is 0 Å². The lowest BCUT2D eigenvalue weighted by Gasteiger charge is -2.07. The fourth-order valence-electron chi connectivity index (χ4n) is 1.53. The van der Waals surface area contributed by atoms with Crippen molar-refractivity contribution in [2.45, 2.75) is 19.6 Å². The Bertz CT molecular complexity index is 604. The highest BCUT2D eigenvalue weighted by Crippen LogP contribution is 2.27. The van der Waals surface area contributed by atoms with E-state index in [-0.39, 0.29) is 12.1 Å². The van der Waals surface area contributed by atoms with E-state index in [9.17, 15) is 18.0 Å². The van der Waals surface area contributed by atoms with Crippen LogP contribution in [0.2, 0.25) is 0 Å². The van der Waals surface area contributed by atoms with E-state index in [2.05, 4.69) is 20.5 Å². The normalized spacial score (nSPS) is 11.4. The van der Waals surface area contributed by atoms with E-state index in [0.717, 1.165) is 29.6 Å². The lowest BCUT2D eigenvalue weighted by molar-refractivity contribution is -0.141. The number of H-pyrrole nitrogens is 1. The molecule has 0 aliphatic heterocycles. The van der Waals surface area contributed by atoms with Crippen LogP contribution in [0.15, 0.2) is 24.5 Å². The van der Waals surface area contributed by atoms with Crippen molar-refractivity contribution in [3.63, 3.8) is 0 Å². The zero-order valence-electron chi connectivity index (χ0n) is 10.5. The fourth-order valence-corrected chi connectivity index (χ4v) is 1.53. The van der Waals surface area contributed by atoms with Crippen molar-refractivity contribution >= 4 is 5.91 Å². The number of hydrogen-bond acceptors (Lipinski definition) is 3. The number of hydrogen-bond donors (Lipinski definition) is 2. The average molecular weight is 284 g/mol. The standard InChI is InChI=1S/C12H11F3N4O/c1-7-9(6-18-19-7)5-17-11(20)8-2-3-10(16-4-8)12(13,14)15/h2-4,6H,5H2,1H3,(H,17,20)(H,18,19). The highest BCUT2D eigenvalue weighted by molar-refractivity contribution is 5.93. The highest BCUT2D eigenvalue weighted by Gasteiger charge is 2.32. The number of aromatic amines is 1. The monoisotopic (exact) mass is 284 g/mol. The third-order valence-electron chi connectivity index (χ3n) is 2.69. The summed E-state index contributed by atoms with van der Waals surface area (Å²) in [6.07, 6.45) is -2.04. The Morgan fingerprint density at radius 3 is 2.60 bits per heavy atom. The quantitative estimate of drug-likeness (QED) is 0.906. The van der Waals surface area contributed by atoms with E-state index in [0.29, 0.717) is 0 Å². The summed E-state index contributed by atoms with van der Waals surface area (Å²) in [6, 6.07) is 1.87. The first kappa shape index (κ1) is 14.0. The summed E-state index contributed by atoms with van der Waals surface area (Å²) in [4.78, 5) is 15.0. The lowest BCUT2D eigenvalue weighted by atomic mass is 10.2. The molecule has 2 aromatic heterocycles. The summed E-state index contributed by atoms with van der Waals surface area (Å²) in [5, 5.41) is 9.10. The van der Waals surface area contributed by atoms with Crippen molar-refractivity contribution in [1.29, 1.82) is 0 Å². The third kappa shape index (κ3) is 3.14. The van der Waals surface area contributed by atoms with Crippen molar-refractivity contribution < 1.29 is 18.0 Å². The summed E-state index contributed by atoms with van der Waals surface area (Å²) in [5.74, 6) is -0.494. The van der Waals surface area contributed by atoms with Gasteiger partial charge in [0.1, 0.15) is 5.69 Å². The van der Waals surface area contributed by atoms with E-state index >= 15 is 0 Å². The Kier molecular flexibility index (Phi) is 3.73. The second kappa shape index (κ2) is 5.32. The molecule has 2 heterocycles. The minimum absolute atomic E-state index is 0.0687. The van der Waals surface area contributed by atoms with Gasteiger partial charge in [-0.1, -0.05) is 0 Å². The molecule has 0 bridgehead atoms. The number of carbonyl (C=O) groups excluding carboxylic acids is 1. The Hall–Kier alpha value is -2.38. The largest absolute Gasteiger partial charge is 0.433 e. The van der Waals surface area contributed by atoms with Crippen LogP contribution < -0.4 is 5.32 Å². The van der Waals surface area contributed by atoms with E-state index in [1.54, 1.807) is 13.1 Å². The van der Waals surface area contributed by atoms with Crippen molar-refractivity contribution in [3.8, 4) is 0 Å². The average Bonchev–Trinajstić information content (AvgIpc) is 2.81. The Morgan fingerprint density at radius 1 is 1.35 bits per heavy atom. The van der Waals surface area contributed by atoms with Crippen molar-refractivity contribution in [1.82, 2.24) is 20.5 Å². The molecule has 1 amide bonds. The zero-order valence-corrected chi connectivity index (χ0v) is 10.5. The van der Waals surface area contributed by atoms with E-state index in [1.165, 1.54) is 0 Å². The van der Waals surface area contributed by atoms with Crippen LogP contribution >= 0.6 is 0 Å². The Labute approximate surface area is 112 Å². The summed E-state index contributed by atoms with van der Waals surface area (Å²) >= 11 is 0. The molecule has 20 heavy (non-hydrogen) atoms. The third-order valence-corrected chi connectivity index (χ3v) is 2.69. The topological polar surface area (TPSA) is 70.7 Å². The van der Waals surface area contributed by atoms with Crippen LogP contribution in [0.4, 0.5) is 13.2 Å². The van der Waals surface area contributed by atoms with Gasteiger partial charge in [-0.2, -0.15) is 18.3 Å². The first-order valence-corrected chi connectivity index (χ1v) is 5.68. The molecule has 0 unspecified atom stereocenters. The van der Waals surface area contributed by atoms with Crippen molar-refractivity contribution in [2.24, 2.45) is 0 Å². The Morgan fingerprint density at radius 2 is 2.10 bits per heavy atom. The molecule has 0 atom stereocenters. The number of nitrogens with one attached hydrogen (secondary N) is 2. The molecular weight excluding hydrogens is 273 g/mol. The minimum Gasteiger partial charge on any atom is -0.348 e. The number of pyridine rings is 1. The molecule has 0 fully saturated rings. The first-order valence-electron chi connectivity index (χ1n) is 5.68. The molecule has 0 spiro atoms. The van der Waals surface area contributed by atoms with Crippen LogP contribution in [0.5, 0.6) is 0 Å². The SMILES string of the molecule is Cc1[nH]ncc1CNC(=O)c1ccc(C(F)(F)F)nc1. The molecule has 0 saturated carbocycles. The van der Waals surface area contributed by atoms with Gasteiger partial charge in [-0.3, -0.25) is 14.9 Å². The molecule has 0 saturated heterocycles. The number of halogens is 3. The van der Waals surface area contributed by atoms with Gasteiger partial charge in [-0.15, -0.1) is 0 Å². The second-order valence-electron chi connectivity index (χ2n) is 4.13. The first-order chi connectivity index (χ1) is 9.38. The summed E-state index contributed by atoms with van der Waals surface area (Å²) in [7, 11) is 0. The second-order valence-corrected chi connectivity index (χ2v) is 4.13. The lowest BCUT2D eigenvalue weighted by Crippen LogP contribution is -2.23. The fraction of sp³-hybridized carbons (Fsp3) is 0.250. The maximum atomic E-state index is 12.3. The molecule has 0 aromatic carbocycles. The smallest absolute Gasteiger partial charge is 0.348 e. The Balaban J connectivity index is 2.01. The van der Waals surface area contributed by atoms with Crippen LogP contribution in [0, 0.1) is 6.92 Å². The molecular formula is C12H11F3N4O. The van der Waals surface area contributed by atoms with Crippen LogP contribution in [-0.4, -0.2) is 21.1 Å². The number of aromatic nitrogens is 3. The molecule has 0 radical (unpaired) electrons. The van der Waals surface area contributed by atoms with Crippen LogP contribution in [0.3, 0.4) is 0 Å². The molecule has 5 nitrogen and oxygen atoms in total. The van der Waals surface area contributed by atoms with Crippen LogP contribution in [0.1, 0.15) is 27.3 Å². The number of rotatable bonds is 3. The minimum atomic E-state index is -4.51. The van der Waals surface area contributed by atoms with Crippen molar-refractivity contribution in [2.75, 3.05) is 0 Å². The van der Waals surface area contributed by atoms with Gasteiger partial charge >= 0.3 is 6.18 Å². The van der Waals surface area contributed by atoms with Gasteiger partial charge in [0.05, 0.1) is 11.8 Å². The maximum absolute atomic E-state index is 12.3. The summed E-state index contributed by atoms with van der Waals surface area (Å²) in [5.41, 5.74) is 0.660. The van der Waals surface area contributed by atoms with Crippen molar-refractivity contribution in [3.05, 3.63) is 47.0 Å². The summed E-state index contributed by atoms with van der Waals surface area (Å²) < 4.78 is 37.0. The highest BCUT2D eigenvalue weighted by atomic mass is 19.4. The molecule has 2 aromatic rings. The van der Waals surface area contributed by atoms with Crippen LogP contribution in [0.25, 0.3) is 0 Å². The predicted molar refractivity (Wildman–Crippen MR) is 63.7 cm³/mol. The predicted octanol–water partition coefficient (Wildman–Crippen LogP) is 2.06. The number of amides is 1. The molecule has 106 valence electrons. The van der Waals surface area contributed by atoms with Gasteiger partial charge in [-0.05, 0) is 19.1 Å². The zero-order chi connectivity index (χ0) is 14.8. The van der Waals surface area contributed by atoms with Gasteiger partial charge in [0.2, 0.25) is 0 Å². The number of alkyl halides is 3. The molecule has 2 rings (SSSR count). The molecule has 0 aliphatic carbocycles. The maximum Gasteiger partial charge on any atom is 0.433 e. The van der Waals surface area contributed by atoms with Gasteiger partial charge < -0.3 is 5.32 Å². The molecule has 8 heteroatoms. The number of carbonyl (C=O) groups is 1. The van der Waals surface area contributed by atoms with Gasteiger partial charge in [0.15, 0.2) is 0 Å². The van der Waals surface area contributed by atoms with Crippen LogP contribution in [-0.2, 0) is 12.7 Å². The molecule has 2 N–H and O–H groups in total. The van der Waals surface area contributed by atoms with Gasteiger partial charge in [-0.25, -0.2) is 0 Å². The molecule has 0 aliphatic rings. The number of nitrogens with zero attached hydrogens (tertiary/aromatic N) is 2. The van der Waals surface area contributed by atoms with Gasteiger partial charge in [0.25, 0.3) is 5.91 Å².